The topological polar surface area (TPSA) is 83.8 Å². The fourth-order valence-corrected chi connectivity index (χ4v) is 4.91. The molecule has 0 aliphatic carbocycles. The predicted octanol–water partition coefficient (Wildman–Crippen LogP) is 3.08. The maximum Gasteiger partial charge on any atom is 0.373 e. The van der Waals surface area contributed by atoms with Crippen molar-refractivity contribution in [2.24, 2.45) is 0 Å². The number of ether oxygens (including phenoxy) is 2. The molecule has 0 bridgehead atoms. The number of furan rings is 1. The van der Waals surface area contributed by atoms with E-state index in [4.69, 9.17) is 13.9 Å². The molecule has 1 aliphatic heterocycles. The third kappa shape index (κ3) is 4.83. The Morgan fingerprint density at radius 1 is 1.12 bits per heavy atom. The highest BCUT2D eigenvalue weighted by Gasteiger charge is 2.28. The first-order chi connectivity index (χ1) is 15.6. The first-order valence-electron chi connectivity index (χ1n) is 10.8. The molecule has 170 valence electrons. The lowest BCUT2D eigenvalue weighted by molar-refractivity contribution is -0.935. The second-order valence-electron chi connectivity index (χ2n) is 7.86. The first kappa shape index (κ1) is 22.4. The zero-order valence-electron chi connectivity index (χ0n) is 18.7. The largest absolute Gasteiger partial charge is 0.497 e. The number of thioether (sulfide) groups is 1. The zero-order valence-corrected chi connectivity index (χ0v) is 19.5. The van der Waals surface area contributed by atoms with Crippen molar-refractivity contribution in [1.29, 1.82) is 0 Å². The number of aromatic nitrogens is 3. The van der Waals surface area contributed by atoms with E-state index >= 15 is 0 Å². The summed E-state index contributed by atoms with van der Waals surface area (Å²) >= 11 is 1.53. The summed E-state index contributed by atoms with van der Waals surface area (Å²) in [6, 6.07) is 11.6. The van der Waals surface area contributed by atoms with Crippen LogP contribution in [0.1, 0.15) is 54.4 Å². The Labute approximate surface area is 191 Å². The van der Waals surface area contributed by atoms with Gasteiger partial charge in [0.25, 0.3) is 0 Å². The van der Waals surface area contributed by atoms with Gasteiger partial charge >= 0.3 is 5.97 Å². The second-order valence-corrected chi connectivity index (χ2v) is 8.80. The van der Waals surface area contributed by atoms with Crippen LogP contribution in [-0.2, 0) is 10.5 Å². The van der Waals surface area contributed by atoms with Crippen molar-refractivity contribution in [3.8, 4) is 11.4 Å². The van der Waals surface area contributed by atoms with Gasteiger partial charge < -0.3 is 18.8 Å². The van der Waals surface area contributed by atoms with Crippen molar-refractivity contribution >= 4 is 17.7 Å². The molecule has 1 saturated heterocycles. The van der Waals surface area contributed by atoms with E-state index in [-0.39, 0.29) is 11.8 Å². The fourth-order valence-electron chi connectivity index (χ4n) is 4.05. The number of likely N-dealkylation sites (tertiary alicyclic amines) is 1. The number of esters is 1. The van der Waals surface area contributed by atoms with E-state index in [1.165, 1.54) is 38.1 Å². The van der Waals surface area contributed by atoms with Gasteiger partial charge in [-0.15, -0.1) is 10.2 Å². The predicted molar refractivity (Wildman–Crippen MR) is 120 cm³/mol. The summed E-state index contributed by atoms with van der Waals surface area (Å²) in [6.07, 6.45) is 3.80. The van der Waals surface area contributed by atoms with Crippen LogP contribution < -0.4 is 9.64 Å². The molecule has 1 fully saturated rings. The summed E-state index contributed by atoms with van der Waals surface area (Å²) in [5.41, 5.74) is 0.992. The van der Waals surface area contributed by atoms with E-state index in [0.29, 0.717) is 11.5 Å². The first-order valence-corrected chi connectivity index (χ1v) is 11.8. The fraction of sp³-hybridized carbons (Fsp3) is 0.435. The molecule has 0 amide bonds. The van der Waals surface area contributed by atoms with Crippen LogP contribution in [0.4, 0.5) is 0 Å². The number of methoxy groups -OCH3 is 2. The monoisotopic (exact) mass is 457 g/mol. The molecular formula is C23H29N4O4S+. The molecule has 1 atom stereocenters. The molecule has 1 aliphatic rings. The molecule has 8 nitrogen and oxygen atoms in total. The minimum Gasteiger partial charge on any atom is -0.497 e. The van der Waals surface area contributed by atoms with Gasteiger partial charge in [-0.25, -0.2) is 4.79 Å². The number of benzene rings is 1. The van der Waals surface area contributed by atoms with Crippen LogP contribution >= 0.6 is 11.8 Å². The number of hydrogen-bond donors (Lipinski definition) is 1. The summed E-state index contributed by atoms with van der Waals surface area (Å²) in [5, 5.41) is 9.91. The number of rotatable bonds is 8. The Bertz CT molecular complexity index is 1040. The van der Waals surface area contributed by atoms with Gasteiger partial charge in [-0.2, -0.15) is 0 Å². The minimum absolute atomic E-state index is 0.197. The Morgan fingerprint density at radius 3 is 2.56 bits per heavy atom. The van der Waals surface area contributed by atoms with Crippen LogP contribution in [0.15, 0.2) is 46.0 Å². The zero-order chi connectivity index (χ0) is 22.5. The maximum atomic E-state index is 11.7. The van der Waals surface area contributed by atoms with Crippen molar-refractivity contribution in [1.82, 2.24) is 14.8 Å². The van der Waals surface area contributed by atoms with Crippen molar-refractivity contribution in [3.63, 3.8) is 0 Å². The number of carbonyl (C=O) groups excluding carboxylic acids is 1. The average molecular weight is 458 g/mol. The lowest BCUT2D eigenvalue weighted by atomic mass is 10.1. The van der Waals surface area contributed by atoms with Gasteiger partial charge in [-0.05, 0) is 62.6 Å². The molecule has 0 saturated carbocycles. The Morgan fingerprint density at radius 2 is 1.88 bits per heavy atom. The Balaban J connectivity index is 1.61. The van der Waals surface area contributed by atoms with Gasteiger partial charge in [0.1, 0.15) is 17.6 Å². The summed E-state index contributed by atoms with van der Waals surface area (Å²) in [6.45, 7) is 4.54. The van der Waals surface area contributed by atoms with Crippen molar-refractivity contribution in [3.05, 3.63) is 53.7 Å². The molecule has 3 aromatic rings. The number of nitrogens with one attached hydrogen (secondary N) is 1. The van der Waals surface area contributed by atoms with E-state index in [9.17, 15) is 4.79 Å². The highest BCUT2D eigenvalue weighted by molar-refractivity contribution is 7.98. The summed E-state index contributed by atoms with van der Waals surface area (Å²) in [7, 11) is 3.00. The van der Waals surface area contributed by atoms with Gasteiger partial charge in [-0.1, -0.05) is 11.8 Å². The highest BCUT2D eigenvalue weighted by Crippen LogP contribution is 2.28. The van der Waals surface area contributed by atoms with Crippen LogP contribution in [0.3, 0.4) is 0 Å². The van der Waals surface area contributed by atoms with Gasteiger partial charge in [-0.3, -0.25) is 4.57 Å². The van der Waals surface area contributed by atoms with Crippen molar-refractivity contribution < 1.29 is 23.6 Å². The van der Waals surface area contributed by atoms with Crippen molar-refractivity contribution in [2.75, 3.05) is 27.3 Å². The molecule has 2 aromatic heterocycles. The molecule has 3 heterocycles. The van der Waals surface area contributed by atoms with E-state index in [1.54, 1.807) is 24.1 Å². The summed E-state index contributed by atoms with van der Waals surface area (Å²) in [4.78, 5) is 13.2. The lowest BCUT2D eigenvalue weighted by Crippen LogP contribution is -3.12. The molecule has 9 heteroatoms. The van der Waals surface area contributed by atoms with E-state index in [1.807, 2.05) is 24.3 Å². The Hall–Kier alpha value is -2.78. The van der Waals surface area contributed by atoms with Gasteiger partial charge in [0, 0.05) is 5.69 Å². The quantitative estimate of drug-likeness (QED) is 0.411. The maximum absolute atomic E-state index is 11.7. The van der Waals surface area contributed by atoms with E-state index < -0.39 is 5.97 Å². The second kappa shape index (κ2) is 10.2. The molecule has 32 heavy (non-hydrogen) atoms. The summed E-state index contributed by atoms with van der Waals surface area (Å²) < 4.78 is 17.8. The van der Waals surface area contributed by atoms with Gasteiger partial charge in [0.05, 0.1) is 33.1 Å². The standard InChI is InChI=1S/C23H28N4O4S/c1-16(26-13-5-4-6-14-26)21-24-25-23(27(21)17-7-9-18(29-2)10-8-17)32-15-19-11-12-20(31-19)22(28)30-3/h7-12,16H,4-6,13-15H2,1-3H3/p+1/t16-/m0/s1. The summed E-state index contributed by atoms with van der Waals surface area (Å²) in [5.74, 6) is 2.67. The van der Waals surface area contributed by atoms with Crippen LogP contribution in [0, 0.1) is 0 Å². The highest BCUT2D eigenvalue weighted by atomic mass is 32.2. The van der Waals surface area contributed by atoms with Gasteiger partial charge in [0.2, 0.25) is 5.76 Å². The molecule has 1 N–H and O–H groups in total. The number of carbonyl (C=O) groups is 1. The molecule has 0 radical (unpaired) electrons. The molecule has 0 unspecified atom stereocenters. The smallest absolute Gasteiger partial charge is 0.373 e. The number of quaternary nitrogens is 1. The normalized spacial score (nSPS) is 15.5. The minimum atomic E-state index is -0.483. The van der Waals surface area contributed by atoms with Crippen LogP contribution in [0.2, 0.25) is 0 Å². The average Bonchev–Trinajstić information content (AvgIpc) is 3.49. The van der Waals surface area contributed by atoms with E-state index in [2.05, 4.69) is 21.7 Å². The number of hydrogen-bond acceptors (Lipinski definition) is 7. The van der Waals surface area contributed by atoms with Crippen LogP contribution in [-0.4, -0.2) is 48.0 Å². The molecule has 1 aromatic carbocycles. The lowest BCUT2D eigenvalue weighted by Gasteiger charge is -2.29. The number of piperidine rings is 1. The molecule has 4 rings (SSSR count). The van der Waals surface area contributed by atoms with Gasteiger partial charge in [0.15, 0.2) is 11.0 Å². The third-order valence-electron chi connectivity index (χ3n) is 5.88. The van der Waals surface area contributed by atoms with Crippen molar-refractivity contribution in [2.45, 2.75) is 43.1 Å². The Kier molecular flexibility index (Phi) is 7.16. The van der Waals surface area contributed by atoms with Crippen LogP contribution in [0.25, 0.3) is 5.69 Å². The van der Waals surface area contributed by atoms with Crippen LogP contribution in [0.5, 0.6) is 5.75 Å². The molecule has 0 spiro atoms. The number of nitrogens with zero attached hydrogens (tertiary/aromatic N) is 3. The van der Waals surface area contributed by atoms with E-state index in [0.717, 1.165) is 35.5 Å². The molecular weight excluding hydrogens is 428 g/mol. The third-order valence-corrected chi connectivity index (χ3v) is 6.83. The SMILES string of the molecule is COC(=O)c1ccc(CSc2nnc([C@H](C)[NH+]3CCCCC3)n2-c2ccc(OC)cc2)o1.